The molecule has 0 radical (unpaired) electrons. The first-order chi connectivity index (χ1) is 15.3. The van der Waals surface area contributed by atoms with E-state index in [1.165, 1.54) is 0 Å². The molecule has 0 saturated heterocycles. The minimum atomic E-state index is -0.0775. The van der Waals surface area contributed by atoms with E-state index >= 15 is 0 Å². The van der Waals surface area contributed by atoms with Crippen LogP contribution < -0.4 is 10.5 Å². The Morgan fingerprint density at radius 3 is 2.65 bits per heavy atom. The Labute approximate surface area is 177 Å². The van der Waals surface area contributed by atoms with Crippen LogP contribution in [0.25, 0.3) is 16.9 Å². The number of fused-ring (bicyclic) bond motifs is 3. The second-order valence-electron chi connectivity index (χ2n) is 7.51. The Hall–Kier alpha value is -4.26. The van der Waals surface area contributed by atoms with Crippen LogP contribution in [0.1, 0.15) is 11.3 Å². The van der Waals surface area contributed by atoms with Gasteiger partial charge in [0.2, 0.25) is 5.95 Å². The number of hydrogen-bond donors (Lipinski definition) is 0. The summed E-state index contributed by atoms with van der Waals surface area (Å²) in [5.74, 6) is 0.620. The van der Waals surface area contributed by atoms with Crippen LogP contribution in [-0.2, 0) is 13.1 Å². The number of aromatic nitrogens is 5. The monoisotopic (exact) mass is 406 g/mol. The van der Waals surface area contributed by atoms with E-state index in [4.69, 9.17) is 9.97 Å². The predicted octanol–water partition coefficient (Wildman–Crippen LogP) is 3.65. The van der Waals surface area contributed by atoms with Crippen LogP contribution in [0.2, 0.25) is 0 Å². The first-order valence-corrected chi connectivity index (χ1v) is 10.1. The predicted molar refractivity (Wildman–Crippen MR) is 118 cm³/mol. The lowest BCUT2D eigenvalue weighted by molar-refractivity contribution is 0.682. The molecule has 7 nitrogen and oxygen atoms in total. The highest BCUT2D eigenvalue weighted by Gasteiger charge is 2.26. The minimum absolute atomic E-state index is 0.0775. The van der Waals surface area contributed by atoms with Crippen LogP contribution in [0.15, 0.2) is 90.2 Å². The Balaban J connectivity index is 1.52. The molecule has 0 bridgehead atoms. The summed E-state index contributed by atoms with van der Waals surface area (Å²) in [7, 11) is 0. The van der Waals surface area contributed by atoms with Gasteiger partial charge < -0.3 is 9.30 Å². The van der Waals surface area contributed by atoms with E-state index in [1.54, 1.807) is 23.0 Å². The van der Waals surface area contributed by atoms with Gasteiger partial charge in [0.1, 0.15) is 5.65 Å². The van der Waals surface area contributed by atoms with Gasteiger partial charge in [-0.25, -0.2) is 9.97 Å². The zero-order valence-electron chi connectivity index (χ0n) is 16.6. The van der Waals surface area contributed by atoms with E-state index < -0.39 is 0 Å². The lowest BCUT2D eigenvalue weighted by atomic mass is 10.1. The topological polar surface area (TPSA) is 68.3 Å². The molecule has 5 aromatic rings. The fraction of sp³-hybridized carbons (Fsp3) is 0.0833. The van der Waals surface area contributed by atoms with Crippen LogP contribution >= 0.6 is 0 Å². The van der Waals surface area contributed by atoms with E-state index in [-0.39, 0.29) is 5.56 Å². The Bertz CT molecular complexity index is 1440. The van der Waals surface area contributed by atoms with Crippen molar-refractivity contribution in [3.8, 4) is 11.3 Å². The van der Waals surface area contributed by atoms with Crippen molar-refractivity contribution in [1.82, 2.24) is 23.9 Å². The Morgan fingerprint density at radius 1 is 0.935 bits per heavy atom. The third kappa shape index (κ3) is 2.98. The highest BCUT2D eigenvalue weighted by atomic mass is 16.1. The average molecular weight is 406 g/mol. The zero-order valence-corrected chi connectivity index (χ0v) is 16.6. The van der Waals surface area contributed by atoms with Gasteiger partial charge in [0, 0.05) is 42.1 Å². The minimum Gasteiger partial charge on any atom is -0.307 e. The molecule has 0 aliphatic carbocycles. The quantitative estimate of drug-likeness (QED) is 0.457. The summed E-state index contributed by atoms with van der Waals surface area (Å²) in [5, 5.41) is 0. The van der Waals surface area contributed by atoms with Gasteiger partial charge in [0.15, 0.2) is 0 Å². The molecule has 4 aromatic heterocycles. The molecule has 0 spiro atoms. The molecule has 0 fully saturated rings. The molecule has 0 atom stereocenters. The summed E-state index contributed by atoms with van der Waals surface area (Å²) in [4.78, 5) is 28.9. The van der Waals surface area contributed by atoms with E-state index in [9.17, 15) is 4.79 Å². The van der Waals surface area contributed by atoms with Gasteiger partial charge in [-0.2, -0.15) is 0 Å². The molecule has 5 heterocycles. The molecule has 1 aliphatic rings. The van der Waals surface area contributed by atoms with Crippen molar-refractivity contribution in [3.63, 3.8) is 0 Å². The van der Waals surface area contributed by atoms with Crippen LogP contribution in [-0.4, -0.2) is 23.9 Å². The molecule has 0 N–H and O–H groups in total. The molecule has 1 aromatic carbocycles. The number of hydrogen-bond acceptors (Lipinski definition) is 5. The van der Waals surface area contributed by atoms with Gasteiger partial charge in [-0.15, -0.1) is 0 Å². The van der Waals surface area contributed by atoms with Crippen molar-refractivity contribution in [3.05, 3.63) is 107 Å². The number of imidazole rings is 1. The number of benzene rings is 1. The lowest BCUT2D eigenvalue weighted by Crippen LogP contribution is -2.34. The lowest BCUT2D eigenvalue weighted by Gasteiger charge is -2.32. The average Bonchev–Trinajstić information content (AvgIpc) is 3.22. The molecule has 1 aliphatic heterocycles. The molecule has 0 amide bonds. The third-order valence-electron chi connectivity index (χ3n) is 5.55. The second-order valence-corrected chi connectivity index (χ2v) is 7.51. The number of rotatable bonds is 3. The van der Waals surface area contributed by atoms with E-state index in [2.05, 4.69) is 22.0 Å². The number of nitrogens with zero attached hydrogens (tertiary/aromatic N) is 6. The summed E-state index contributed by atoms with van der Waals surface area (Å²) in [6.45, 7) is 1.00. The summed E-state index contributed by atoms with van der Waals surface area (Å²) in [6, 6.07) is 19.4. The molecule has 6 rings (SSSR count). The molecule has 0 unspecified atom stereocenters. The SMILES string of the molecule is O=c1cc(-c2ccncc2)nc2n1Cc1ccccc1N2Cc1cn2ccccc2n1. The van der Waals surface area contributed by atoms with Crippen molar-refractivity contribution < 1.29 is 0 Å². The highest BCUT2D eigenvalue weighted by Crippen LogP contribution is 2.34. The first kappa shape index (κ1) is 17.6. The summed E-state index contributed by atoms with van der Waals surface area (Å²) in [6.07, 6.45) is 7.41. The second kappa shape index (κ2) is 6.91. The van der Waals surface area contributed by atoms with Gasteiger partial charge in [-0.3, -0.25) is 14.3 Å². The van der Waals surface area contributed by atoms with Crippen LogP contribution in [0, 0.1) is 0 Å². The van der Waals surface area contributed by atoms with Gasteiger partial charge in [0.05, 0.1) is 24.5 Å². The zero-order chi connectivity index (χ0) is 20.8. The maximum atomic E-state index is 13.1. The molecule has 31 heavy (non-hydrogen) atoms. The van der Waals surface area contributed by atoms with Crippen molar-refractivity contribution in [2.24, 2.45) is 0 Å². The summed E-state index contributed by atoms with van der Waals surface area (Å²) >= 11 is 0. The van der Waals surface area contributed by atoms with E-state index in [1.807, 2.05) is 59.3 Å². The van der Waals surface area contributed by atoms with Crippen molar-refractivity contribution in [1.29, 1.82) is 0 Å². The Morgan fingerprint density at radius 2 is 1.77 bits per heavy atom. The molecule has 0 saturated carbocycles. The van der Waals surface area contributed by atoms with Crippen LogP contribution in [0.4, 0.5) is 11.6 Å². The largest absolute Gasteiger partial charge is 0.307 e. The molecule has 150 valence electrons. The van der Waals surface area contributed by atoms with Crippen molar-refractivity contribution in [2.45, 2.75) is 13.1 Å². The summed E-state index contributed by atoms with van der Waals surface area (Å²) < 4.78 is 3.72. The van der Waals surface area contributed by atoms with Crippen LogP contribution in [0.3, 0.4) is 0 Å². The maximum absolute atomic E-state index is 13.1. The highest BCUT2D eigenvalue weighted by molar-refractivity contribution is 5.68. The Kier molecular flexibility index (Phi) is 3.92. The molecular weight excluding hydrogens is 388 g/mol. The van der Waals surface area contributed by atoms with E-state index in [0.717, 1.165) is 28.2 Å². The number of para-hydroxylation sites is 1. The van der Waals surface area contributed by atoms with Crippen LogP contribution in [0.5, 0.6) is 0 Å². The van der Waals surface area contributed by atoms with Crippen molar-refractivity contribution in [2.75, 3.05) is 4.90 Å². The molecular formula is C24H18N6O. The standard InChI is InChI=1S/C24H18N6O/c31-23-13-20(17-8-10-25-11-9-17)27-24-29(21-6-2-1-5-18(21)14-30(23)24)16-19-15-28-12-4-3-7-22(28)26-19/h1-13,15H,14,16H2. The van der Waals surface area contributed by atoms with Gasteiger partial charge in [0.25, 0.3) is 5.56 Å². The number of pyridine rings is 2. The van der Waals surface area contributed by atoms with Gasteiger partial charge in [-0.05, 0) is 35.9 Å². The van der Waals surface area contributed by atoms with Gasteiger partial charge >= 0.3 is 0 Å². The number of anilines is 2. The normalized spacial score (nSPS) is 12.6. The fourth-order valence-corrected chi connectivity index (χ4v) is 4.09. The maximum Gasteiger partial charge on any atom is 0.255 e. The van der Waals surface area contributed by atoms with Crippen molar-refractivity contribution >= 4 is 17.3 Å². The first-order valence-electron chi connectivity index (χ1n) is 10.1. The summed E-state index contributed by atoms with van der Waals surface area (Å²) in [5.41, 5.74) is 5.33. The third-order valence-corrected chi connectivity index (χ3v) is 5.55. The fourth-order valence-electron chi connectivity index (χ4n) is 4.09. The van der Waals surface area contributed by atoms with Gasteiger partial charge in [-0.1, -0.05) is 24.3 Å². The van der Waals surface area contributed by atoms with E-state index in [0.29, 0.717) is 24.7 Å². The molecule has 7 heteroatoms. The smallest absolute Gasteiger partial charge is 0.255 e.